The number of benzene rings is 2. The number of hydrogen-bond donors (Lipinski definition) is 2. The molecule has 4 nitrogen and oxygen atoms in total. The molecule has 0 aliphatic carbocycles. The van der Waals surface area contributed by atoms with Gasteiger partial charge in [0.05, 0.1) is 7.11 Å². The summed E-state index contributed by atoms with van der Waals surface area (Å²) >= 11 is 7.48. The molecule has 2 N–H and O–H groups in total. The van der Waals surface area contributed by atoms with E-state index in [9.17, 15) is 4.79 Å². The van der Waals surface area contributed by atoms with Crippen molar-refractivity contribution in [2.75, 3.05) is 12.4 Å². The molecule has 0 aliphatic rings. The Morgan fingerprint density at radius 1 is 1.17 bits per heavy atom. The molecule has 0 saturated heterocycles. The first-order valence-corrected chi connectivity index (χ1v) is 9.30. The van der Waals surface area contributed by atoms with E-state index in [2.05, 4.69) is 39.3 Å². The largest absolute Gasteiger partial charge is 0.496 e. The number of rotatable bonds is 4. The van der Waals surface area contributed by atoms with Crippen LogP contribution in [0, 0.1) is 13.8 Å². The predicted octanol–water partition coefficient (Wildman–Crippen LogP) is 4.37. The number of carbonyl (C=O) groups is 1. The van der Waals surface area contributed by atoms with Crippen molar-refractivity contribution in [2.45, 2.75) is 18.3 Å². The maximum absolute atomic E-state index is 12.4. The molecule has 0 fully saturated rings. The summed E-state index contributed by atoms with van der Waals surface area (Å²) in [7, 11) is 1.62. The summed E-state index contributed by atoms with van der Waals surface area (Å²) in [6.45, 7) is 4.03. The number of methoxy groups -OCH3 is 1. The van der Waals surface area contributed by atoms with Gasteiger partial charge in [-0.05, 0) is 67.5 Å². The van der Waals surface area contributed by atoms with Crippen LogP contribution in [0.25, 0.3) is 0 Å². The normalized spacial score (nSPS) is 10.2. The Morgan fingerprint density at radius 3 is 2.42 bits per heavy atom. The molecular formula is C18H19IN2O2S. The molecule has 0 unspecified atom stereocenters. The van der Waals surface area contributed by atoms with Crippen LogP contribution in [-0.4, -0.2) is 18.1 Å². The number of nitrogens with one attached hydrogen (secondary N) is 2. The Bertz CT molecular complexity index is 757. The van der Waals surface area contributed by atoms with Gasteiger partial charge in [0.25, 0.3) is 5.91 Å². The third-order valence-corrected chi connectivity index (χ3v) is 4.42. The van der Waals surface area contributed by atoms with Crippen LogP contribution in [-0.2, 0) is 4.43 Å². The lowest BCUT2D eigenvalue weighted by atomic mass is 10.1. The average Bonchev–Trinajstić information content (AvgIpc) is 2.52. The summed E-state index contributed by atoms with van der Waals surface area (Å²) in [5.74, 6) is 0.530. The van der Waals surface area contributed by atoms with Crippen molar-refractivity contribution in [3.05, 3.63) is 58.7 Å². The lowest BCUT2D eigenvalue weighted by Gasteiger charge is -2.12. The zero-order chi connectivity index (χ0) is 17.7. The highest BCUT2D eigenvalue weighted by molar-refractivity contribution is 14.1. The van der Waals surface area contributed by atoms with E-state index in [0.717, 1.165) is 32.6 Å². The molecule has 0 bridgehead atoms. The molecule has 0 atom stereocenters. The number of anilines is 1. The summed E-state index contributed by atoms with van der Waals surface area (Å²) in [6.07, 6.45) is 0. The molecule has 0 spiro atoms. The van der Waals surface area contributed by atoms with Gasteiger partial charge in [0.2, 0.25) is 0 Å². The number of ether oxygens (including phenoxy) is 1. The Morgan fingerprint density at radius 2 is 1.83 bits per heavy atom. The number of aryl methyl sites for hydroxylation is 2. The lowest BCUT2D eigenvalue weighted by Crippen LogP contribution is -2.34. The van der Waals surface area contributed by atoms with Crippen LogP contribution in [0.5, 0.6) is 5.75 Å². The van der Waals surface area contributed by atoms with E-state index >= 15 is 0 Å². The van der Waals surface area contributed by atoms with Gasteiger partial charge in [-0.1, -0.05) is 28.7 Å². The second kappa shape index (κ2) is 8.43. The molecule has 0 heterocycles. The second-order valence-corrected chi connectivity index (χ2v) is 6.62. The summed E-state index contributed by atoms with van der Waals surface area (Å²) < 4.78 is 6.04. The summed E-state index contributed by atoms with van der Waals surface area (Å²) in [6, 6.07) is 11.4. The average molecular weight is 454 g/mol. The fraction of sp³-hybridized carbons (Fsp3) is 0.222. The van der Waals surface area contributed by atoms with Crippen molar-refractivity contribution in [2.24, 2.45) is 0 Å². The van der Waals surface area contributed by atoms with Crippen LogP contribution in [0.1, 0.15) is 27.0 Å². The van der Waals surface area contributed by atoms with Crippen LogP contribution in [0.4, 0.5) is 5.69 Å². The van der Waals surface area contributed by atoms with Gasteiger partial charge in [0, 0.05) is 21.2 Å². The highest BCUT2D eigenvalue weighted by Gasteiger charge is 2.11. The fourth-order valence-corrected chi connectivity index (χ4v) is 3.22. The first-order valence-electron chi connectivity index (χ1n) is 7.36. The van der Waals surface area contributed by atoms with E-state index in [1.54, 1.807) is 19.2 Å². The SMILES string of the molecule is COc1ccc(C(=O)NC(=S)Nc2cc(C)cc(C)c2)cc1CI. The quantitative estimate of drug-likeness (QED) is 0.409. The molecule has 126 valence electrons. The zero-order valence-corrected chi connectivity index (χ0v) is 16.7. The minimum absolute atomic E-state index is 0.245. The third-order valence-electron chi connectivity index (χ3n) is 3.39. The number of hydrogen-bond acceptors (Lipinski definition) is 3. The van der Waals surface area contributed by atoms with E-state index in [0.29, 0.717) is 5.56 Å². The molecule has 24 heavy (non-hydrogen) atoms. The highest BCUT2D eigenvalue weighted by atomic mass is 127. The Kier molecular flexibility index (Phi) is 6.56. The molecule has 2 aromatic carbocycles. The molecule has 1 amide bonds. The molecule has 0 saturated carbocycles. The van der Waals surface area contributed by atoms with Crippen LogP contribution in [0.2, 0.25) is 0 Å². The fourth-order valence-electron chi connectivity index (χ4n) is 2.41. The van der Waals surface area contributed by atoms with Crippen molar-refractivity contribution >= 4 is 51.5 Å². The summed E-state index contributed by atoms with van der Waals surface area (Å²) in [5.41, 5.74) is 4.65. The summed E-state index contributed by atoms with van der Waals surface area (Å²) in [4.78, 5) is 12.4. The minimum atomic E-state index is -0.245. The van der Waals surface area contributed by atoms with Crippen LogP contribution < -0.4 is 15.4 Å². The topological polar surface area (TPSA) is 50.4 Å². The Hall–Kier alpha value is -1.67. The number of carbonyl (C=O) groups excluding carboxylic acids is 1. The second-order valence-electron chi connectivity index (χ2n) is 5.44. The standard InChI is InChI=1S/C18H19IN2O2S/c1-11-6-12(2)8-15(7-11)20-18(24)21-17(22)13-4-5-16(23-3)14(9-13)10-19/h4-9H,10H2,1-3H3,(H2,20,21,22,24). The maximum Gasteiger partial charge on any atom is 0.257 e. The van der Waals surface area contributed by atoms with Crippen molar-refractivity contribution in [1.29, 1.82) is 0 Å². The van der Waals surface area contributed by atoms with Gasteiger partial charge in [-0.25, -0.2) is 0 Å². The third kappa shape index (κ3) is 4.91. The van der Waals surface area contributed by atoms with Crippen LogP contribution in [0.15, 0.2) is 36.4 Å². The van der Waals surface area contributed by atoms with Gasteiger partial charge >= 0.3 is 0 Å². The van der Waals surface area contributed by atoms with Gasteiger partial charge in [0.1, 0.15) is 5.75 Å². The van der Waals surface area contributed by atoms with Gasteiger partial charge in [-0.3, -0.25) is 10.1 Å². The van der Waals surface area contributed by atoms with E-state index in [-0.39, 0.29) is 11.0 Å². The van der Waals surface area contributed by atoms with Crippen LogP contribution >= 0.6 is 34.8 Å². The van der Waals surface area contributed by atoms with Crippen molar-refractivity contribution in [3.8, 4) is 5.75 Å². The first kappa shape index (κ1) is 18.7. The smallest absolute Gasteiger partial charge is 0.257 e. The van der Waals surface area contributed by atoms with Crippen LogP contribution in [0.3, 0.4) is 0 Å². The van der Waals surface area contributed by atoms with Crippen molar-refractivity contribution in [3.63, 3.8) is 0 Å². The monoisotopic (exact) mass is 454 g/mol. The lowest BCUT2D eigenvalue weighted by molar-refractivity contribution is 0.0977. The Labute approximate surface area is 161 Å². The molecule has 2 rings (SSSR count). The number of halogens is 1. The predicted molar refractivity (Wildman–Crippen MR) is 110 cm³/mol. The highest BCUT2D eigenvalue weighted by Crippen LogP contribution is 2.22. The van der Waals surface area contributed by atoms with E-state index in [4.69, 9.17) is 17.0 Å². The number of amides is 1. The maximum atomic E-state index is 12.4. The molecule has 0 aromatic heterocycles. The van der Waals surface area contributed by atoms with Gasteiger partial charge < -0.3 is 10.1 Å². The van der Waals surface area contributed by atoms with Gasteiger partial charge in [-0.15, -0.1) is 0 Å². The first-order chi connectivity index (χ1) is 11.4. The number of thiocarbonyl (C=S) groups is 1. The van der Waals surface area contributed by atoms with E-state index in [1.807, 2.05) is 32.0 Å². The molecule has 2 aromatic rings. The summed E-state index contributed by atoms with van der Waals surface area (Å²) in [5, 5.41) is 6.03. The molecule has 0 aliphatic heterocycles. The Balaban J connectivity index is 2.07. The van der Waals surface area contributed by atoms with E-state index in [1.165, 1.54) is 0 Å². The van der Waals surface area contributed by atoms with E-state index < -0.39 is 0 Å². The van der Waals surface area contributed by atoms with Gasteiger partial charge in [-0.2, -0.15) is 0 Å². The minimum Gasteiger partial charge on any atom is -0.496 e. The molecule has 0 radical (unpaired) electrons. The van der Waals surface area contributed by atoms with Crippen molar-refractivity contribution in [1.82, 2.24) is 5.32 Å². The molecule has 6 heteroatoms. The van der Waals surface area contributed by atoms with Gasteiger partial charge in [0.15, 0.2) is 5.11 Å². The molecular weight excluding hydrogens is 435 g/mol. The number of alkyl halides is 1. The zero-order valence-electron chi connectivity index (χ0n) is 13.8. The van der Waals surface area contributed by atoms with Crippen molar-refractivity contribution < 1.29 is 9.53 Å².